The van der Waals surface area contributed by atoms with Gasteiger partial charge in [-0.1, -0.05) is 18.2 Å². The Labute approximate surface area is 119 Å². The fourth-order valence-electron chi connectivity index (χ4n) is 2.50. The Hall–Kier alpha value is -2.07. The maximum Gasteiger partial charge on any atom is 0.325 e. The van der Waals surface area contributed by atoms with Crippen LogP contribution in [0.1, 0.15) is 17.2 Å². The van der Waals surface area contributed by atoms with Crippen molar-refractivity contribution in [2.24, 2.45) is 0 Å². The highest BCUT2D eigenvalue weighted by molar-refractivity contribution is 5.76. The zero-order valence-corrected chi connectivity index (χ0v) is 11.4. The molecule has 0 saturated carbocycles. The summed E-state index contributed by atoms with van der Waals surface area (Å²) >= 11 is 0. The molecule has 0 aliphatic carbocycles. The highest BCUT2D eigenvalue weighted by Gasteiger charge is 2.27. The molecule has 0 spiro atoms. The standard InChI is InChI=1S/C16H19NO3/c1-3-8-17(9-4-2)15(16(18)19)13-5-6-14-12(11-13)7-10-20-14/h3-6,11,15H,1-2,7-10H2,(H,18,19)/t15-/m1/s1. The average molecular weight is 273 g/mol. The van der Waals surface area contributed by atoms with Gasteiger partial charge < -0.3 is 9.84 Å². The molecule has 1 aromatic carbocycles. The van der Waals surface area contributed by atoms with Gasteiger partial charge in [0.15, 0.2) is 0 Å². The van der Waals surface area contributed by atoms with Gasteiger partial charge in [0, 0.05) is 19.5 Å². The van der Waals surface area contributed by atoms with Crippen LogP contribution >= 0.6 is 0 Å². The number of ether oxygens (including phenoxy) is 1. The summed E-state index contributed by atoms with van der Waals surface area (Å²) in [5.41, 5.74) is 1.84. The summed E-state index contributed by atoms with van der Waals surface area (Å²) < 4.78 is 5.46. The van der Waals surface area contributed by atoms with E-state index < -0.39 is 12.0 Å². The normalized spacial score (nSPS) is 14.4. The van der Waals surface area contributed by atoms with E-state index in [4.69, 9.17) is 4.74 Å². The highest BCUT2D eigenvalue weighted by atomic mass is 16.5. The molecular weight excluding hydrogens is 254 g/mol. The van der Waals surface area contributed by atoms with Gasteiger partial charge in [-0.15, -0.1) is 13.2 Å². The molecule has 1 aliphatic heterocycles. The second-order valence-electron chi connectivity index (χ2n) is 4.74. The lowest BCUT2D eigenvalue weighted by Crippen LogP contribution is -2.34. The Bertz CT molecular complexity index is 514. The molecule has 20 heavy (non-hydrogen) atoms. The fourth-order valence-corrected chi connectivity index (χ4v) is 2.50. The first kappa shape index (κ1) is 14.3. The van der Waals surface area contributed by atoms with E-state index in [0.29, 0.717) is 19.7 Å². The molecular formula is C16H19NO3. The number of hydrogen-bond donors (Lipinski definition) is 1. The van der Waals surface area contributed by atoms with E-state index in [2.05, 4.69) is 13.2 Å². The van der Waals surface area contributed by atoms with Crippen LogP contribution in [0, 0.1) is 0 Å². The topological polar surface area (TPSA) is 49.8 Å². The van der Waals surface area contributed by atoms with Crippen LogP contribution in [0.5, 0.6) is 5.75 Å². The van der Waals surface area contributed by atoms with Gasteiger partial charge in [-0.3, -0.25) is 9.69 Å². The molecule has 1 aliphatic rings. The van der Waals surface area contributed by atoms with Crippen molar-refractivity contribution in [1.29, 1.82) is 0 Å². The SMILES string of the molecule is C=CCN(CC=C)[C@@H](C(=O)O)c1ccc2c(c1)CCO2. The molecule has 4 nitrogen and oxygen atoms in total. The molecule has 4 heteroatoms. The fraction of sp³-hybridized carbons (Fsp3) is 0.312. The van der Waals surface area contributed by atoms with Crippen LogP contribution in [0.25, 0.3) is 0 Å². The van der Waals surface area contributed by atoms with Gasteiger partial charge in [-0.05, 0) is 23.3 Å². The van der Waals surface area contributed by atoms with Crippen LogP contribution in [0.2, 0.25) is 0 Å². The molecule has 0 amide bonds. The van der Waals surface area contributed by atoms with E-state index in [0.717, 1.165) is 23.3 Å². The number of carboxylic acid groups (broad SMARTS) is 1. The van der Waals surface area contributed by atoms with Gasteiger partial charge in [-0.2, -0.15) is 0 Å². The number of hydrogen-bond acceptors (Lipinski definition) is 3. The second kappa shape index (κ2) is 6.39. The van der Waals surface area contributed by atoms with Crippen LogP contribution in [-0.4, -0.2) is 35.7 Å². The third-order valence-electron chi connectivity index (χ3n) is 3.36. The Morgan fingerprint density at radius 1 is 1.40 bits per heavy atom. The third-order valence-corrected chi connectivity index (χ3v) is 3.36. The molecule has 2 rings (SSSR count). The number of carboxylic acids is 1. The van der Waals surface area contributed by atoms with E-state index in [9.17, 15) is 9.90 Å². The van der Waals surface area contributed by atoms with Gasteiger partial charge in [0.05, 0.1) is 6.61 Å². The van der Waals surface area contributed by atoms with Crippen LogP contribution in [0.15, 0.2) is 43.5 Å². The lowest BCUT2D eigenvalue weighted by atomic mass is 10.0. The predicted molar refractivity (Wildman–Crippen MR) is 78.0 cm³/mol. The van der Waals surface area contributed by atoms with E-state index in [1.807, 2.05) is 23.1 Å². The number of nitrogens with zero attached hydrogens (tertiary/aromatic N) is 1. The summed E-state index contributed by atoms with van der Waals surface area (Å²) in [6, 6.07) is 4.91. The van der Waals surface area contributed by atoms with Crippen molar-refractivity contribution in [1.82, 2.24) is 4.90 Å². The van der Waals surface area contributed by atoms with Crippen molar-refractivity contribution in [3.05, 3.63) is 54.6 Å². The molecule has 0 saturated heterocycles. The van der Waals surface area contributed by atoms with Crippen molar-refractivity contribution in [3.8, 4) is 5.75 Å². The minimum Gasteiger partial charge on any atom is -0.493 e. The summed E-state index contributed by atoms with van der Waals surface area (Å²) in [7, 11) is 0. The summed E-state index contributed by atoms with van der Waals surface area (Å²) in [6.45, 7) is 9.03. The molecule has 1 heterocycles. The van der Waals surface area contributed by atoms with Crippen molar-refractivity contribution in [2.75, 3.05) is 19.7 Å². The monoisotopic (exact) mass is 273 g/mol. The van der Waals surface area contributed by atoms with Crippen molar-refractivity contribution >= 4 is 5.97 Å². The Morgan fingerprint density at radius 3 is 2.70 bits per heavy atom. The maximum atomic E-state index is 11.6. The molecule has 0 radical (unpaired) electrons. The van der Waals surface area contributed by atoms with Crippen molar-refractivity contribution < 1.29 is 14.6 Å². The second-order valence-corrected chi connectivity index (χ2v) is 4.74. The van der Waals surface area contributed by atoms with E-state index in [1.165, 1.54) is 0 Å². The van der Waals surface area contributed by atoms with Crippen molar-refractivity contribution in [2.45, 2.75) is 12.5 Å². The molecule has 1 N–H and O–H groups in total. The summed E-state index contributed by atoms with van der Waals surface area (Å²) in [5.74, 6) is -0.00977. The minimum atomic E-state index is -0.868. The van der Waals surface area contributed by atoms with Crippen LogP contribution in [0.3, 0.4) is 0 Å². The van der Waals surface area contributed by atoms with E-state index >= 15 is 0 Å². The molecule has 1 aromatic rings. The smallest absolute Gasteiger partial charge is 0.325 e. The van der Waals surface area contributed by atoms with Gasteiger partial charge in [0.1, 0.15) is 11.8 Å². The zero-order valence-electron chi connectivity index (χ0n) is 11.4. The molecule has 0 fully saturated rings. The number of aliphatic carboxylic acids is 1. The highest BCUT2D eigenvalue weighted by Crippen LogP contribution is 2.30. The largest absolute Gasteiger partial charge is 0.493 e. The zero-order chi connectivity index (χ0) is 14.5. The Balaban J connectivity index is 2.34. The van der Waals surface area contributed by atoms with Gasteiger partial charge in [0.25, 0.3) is 0 Å². The molecule has 1 atom stereocenters. The first-order valence-corrected chi connectivity index (χ1v) is 6.61. The molecule has 0 bridgehead atoms. The van der Waals surface area contributed by atoms with Crippen LogP contribution in [0.4, 0.5) is 0 Å². The quantitative estimate of drug-likeness (QED) is 0.775. The van der Waals surface area contributed by atoms with Gasteiger partial charge in [-0.25, -0.2) is 0 Å². The van der Waals surface area contributed by atoms with Gasteiger partial charge >= 0.3 is 5.97 Å². The average Bonchev–Trinajstić information content (AvgIpc) is 2.86. The summed E-state index contributed by atoms with van der Waals surface area (Å²) in [6.07, 6.45) is 4.24. The number of carbonyl (C=O) groups is 1. The van der Waals surface area contributed by atoms with E-state index in [-0.39, 0.29) is 0 Å². The Morgan fingerprint density at radius 2 is 2.10 bits per heavy atom. The Kier molecular flexibility index (Phi) is 4.58. The molecule has 0 aromatic heterocycles. The lowest BCUT2D eigenvalue weighted by molar-refractivity contribution is -0.143. The number of rotatable bonds is 7. The molecule has 0 unspecified atom stereocenters. The third kappa shape index (κ3) is 2.91. The maximum absolute atomic E-state index is 11.6. The minimum absolute atomic E-state index is 0.497. The van der Waals surface area contributed by atoms with E-state index in [1.54, 1.807) is 12.2 Å². The lowest BCUT2D eigenvalue weighted by Gasteiger charge is -2.27. The van der Waals surface area contributed by atoms with Crippen LogP contribution in [-0.2, 0) is 11.2 Å². The summed E-state index contributed by atoms with van der Waals surface area (Å²) in [4.78, 5) is 13.5. The van der Waals surface area contributed by atoms with Crippen LogP contribution < -0.4 is 4.74 Å². The first-order valence-electron chi connectivity index (χ1n) is 6.61. The van der Waals surface area contributed by atoms with Gasteiger partial charge in [0.2, 0.25) is 0 Å². The predicted octanol–water partition coefficient (Wildman–Crippen LogP) is 2.42. The van der Waals surface area contributed by atoms with Crippen molar-refractivity contribution in [3.63, 3.8) is 0 Å². The molecule has 106 valence electrons. The number of benzene rings is 1. The first-order chi connectivity index (χ1) is 9.67. The summed E-state index contributed by atoms with van der Waals surface area (Å²) in [5, 5.41) is 9.56. The number of fused-ring (bicyclic) bond motifs is 1.